The maximum atomic E-state index is 5.87. The second-order valence-corrected chi connectivity index (χ2v) is 7.59. The lowest BCUT2D eigenvalue weighted by molar-refractivity contribution is 0.359. The quantitative estimate of drug-likeness (QED) is 0.865. The molecular formula is C13H19N3OS2. The summed E-state index contributed by atoms with van der Waals surface area (Å²) in [4.78, 5) is 4.63. The van der Waals surface area contributed by atoms with Crippen molar-refractivity contribution < 1.29 is 4.52 Å². The molecule has 1 aliphatic heterocycles. The standard InChI is InChI=1S/C13H19N3OS2/c1-2-10-11(19-6-5-18-10)12-15-13(17-16-12)8-3-4-9(14)7-8/h3-4,8-11H,2,5-7,14H2,1H3. The summed E-state index contributed by atoms with van der Waals surface area (Å²) in [6.07, 6.45) is 6.14. The summed E-state index contributed by atoms with van der Waals surface area (Å²) >= 11 is 3.99. The van der Waals surface area contributed by atoms with Crippen LogP contribution in [0.1, 0.15) is 42.6 Å². The van der Waals surface area contributed by atoms with Crippen LogP contribution in [0.4, 0.5) is 0 Å². The summed E-state index contributed by atoms with van der Waals surface area (Å²) in [6.45, 7) is 2.23. The van der Waals surface area contributed by atoms with Crippen LogP contribution in [0.2, 0.25) is 0 Å². The summed E-state index contributed by atoms with van der Waals surface area (Å²) in [6, 6.07) is 0.128. The number of nitrogens with zero attached hydrogens (tertiary/aromatic N) is 2. The van der Waals surface area contributed by atoms with Gasteiger partial charge in [0.05, 0.1) is 11.2 Å². The van der Waals surface area contributed by atoms with Crippen LogP contribution in [-0.4, -0.2) is 32.9 Å². The van der Waals surface area contributed by atoms with Gasteiger partial charge in [-0.3, -0.25) is 0 Å². The number of thioether (sulfide) groups is 2. The Labute approximate surface area is 122 Å². The van der Waals surface area contributed by atoms with Gasteiger partial charge in [0.25, 0.3) is 0 Å². The predicted octanol–water partition coefficient (Wildman–Crippen LogP) is 2.74. The van der Waals surface area contributed by atoms with E-state index in [4.69, 9.17) is 10.3 Å². The molecule has 1 saturated heterocycles. The van der Waals surface area contributed by atoms with E-state index in [9.17, 15) is 0 Å². The van der Waals surface area contributed by atoms with Crippen molar-refractivity contribution in [2.24, 2.45) is 5.73 Å². The Morgan fingerprint density at radius 3 is 2.95 bits per heavy atom. The molecule has 0 amide bonds. The Morgan fingerprint density at radius 1 is 1.37 bits per heavy atom. The molecule has 3 rings (SSSR count). The first-order chi connectivity index (χ1) is 9.28. The SMILES string of the molecule is CCC1SCCSC1c1noc(C2C=CC(N)C2)n1. The van der Waals surface area contributed by atoms with E-state index in [2.05, 4.69) is 23.1 Å². The summed E-state index contributed by atoms with van der Waals surface area (Å²) in [5, 5.41) is 5.19. The van der Waals surface area contributed by atoms with Crippen LogP contribution in [0.5, 0.6) is 0 Å². The molecule has 4 atom stereocenters. The van der Waals surface area contributed by atoms with Gasteiger partial charge in [0.2, 0.25) is 5.89 Å². The van der Waals surface area contributed by atoms with Gasteiger partial charge in [-0.15, -0.1) is 11.8 Å². The zero-order chi connectivity index (χ0) is 13.2. The largest absolute Gasteiger partial charge is 0.339 e. The maximum absolute atomic E-state index is 5.87. The summed E-state index contributed by atoms with van der Waals surface area (Å²) < 4.78 is 5.45. The minimum atomic E-state index is 0.128. The first-order valence-corrected chi connectivity index (χ1v) is 8.88. The van der Waals surface area contributed by atoms with Crippen molar-refractivity contribution in [1.29, 1.82) is 0 Å². The minimum Gasteiger partial charge on any atom is -0.339 e. The number of rotatable bonds is 3. The zero-order valence-electron chi connectivity index (χ0n) is 11.0. The van der Waals surface area contributed by atoms with Crippen molar-refractivity contribution in [3.8, 4) is 0 Å². The normalized spacial score (nSPS) is 34.8. The molecule has 1 aliphatic carbocycles. The highest BCUT2D eigenvalue weighted by molar-refractivity contribution is 8.06. The van der Waals surface area contributed by atoms with Gasteiger partial charge < -0.3 is 10.3 Å². The first kappa shape index (κ1) is 13.5. The fraction of sp³-hybridized carbons (Fsp3) is 0.692. The molecule has 4 unspecified atom stereocenters. The van der Waals surface area contributed by atoms with Gasteiger partial charge in [-0.1, -0.05) is 24.2 Å². The van der Waals surface area contributed by atoms with Crippen molar-refractivity contribution in [2.45, 2.75) is 42.2 Å². The molecule has 0 aromatic carbocycles. The predicted molar refractivity (Wildman–Crippen MR) is 80.5 cm³/mol. The number of hydrogen-bond acceptors (Lipinski definition) is 6. The van der Waals surface area contributed by atoms with E-state index in [-0.39, 0.29) is 12.0 Å². The molecule has 1 aromatic heterocycles. The molecule has 2 aliphatic rings. The Hall–Kier alpha value is -0.460. The van der Waals surface area contributed by atoms with Crippen LogP contribution in [0.3, 0.4) is 0 Å². The van der Waals surface area contributed by atoms with Crippen LogP contribution in [0, 0.1) is 0 Å². The van der Waals surface area contributed by atoms with Gasteiger partial charge in [-0.25, -0.2) is 0 Å². The maximum Gasteiger partial charge on any atom is 0.233 e. The fourth-order valence-corrected chi connectivity index (χ4v) is 5.55. The van der Waals surface area contributed by atoms with E-state index in [1.54, 1.807) is 0 Å². The van der Waals surface area contributed by atoms with E-state index in [1.165, 1.54) is 11.5 Å². The van der Waals surface area contributed by atoms with Crippen LogP contribution in [0.15, 0.2) is 16.7 Å². The van der Waals surface area contributed by atoms with E-state index in [0.717, 1.165) is 24.6 Å². The molecular weight excluding hydrogens is 278 g/mol. The van der Waals surface area contributed by atoms with Gasteiger partial charge in [0, 0.05) is 22.8 Å². The first-order valence-electron chi connectivity index (χ1n) is 6.78. The third-order valence-corrected chi connectivity index (χ3v) is 6.84. The fourth-order valence-electron chi connectivity index (χ4n) is 2.57. The van der Waals surface area contributed by atoms with Crippen LogP contribution in [0.25, 0.3) is 0 Å². The van der Waals surface area contributed by atoms with Crippen molar-refractivity contribution in [3.63, 3.8) is 0 Å². The topological polar surface area (TPSA) is 64.9 Å². The third kappa shape index (κ3) is 2.85. The molecule has 4 nitrogen and oxygen atoms in total. The highest BCUT2D eigenvalue weighted by Gasteiger charge is 2.31. The van der Waals surface area contributed by atoms with Gasteiger partial charge in [0.1, 0.15) is 0 Å². The lowest BCUT2D eigenvalue weighted by atomic mass is 10.1. The molecule has 19 heavy (non-hydrogen) atoms. The van der Waals surface area contributed by atoms with Crippen LogP contribution >= 0.6 is 23.5 Å². The number of hydrogen-bond donors (Lipinski definition) is 1. The Kier molecular flexibility index (Phi) is 4.19. The lowest BCUT2D eigenvalue weighted by Crippen LogP contribution is -2.19. The monoisotopic (exact) mass is 297 g/mol. The number of aromatic nitrogens is 2. The van der Waals surface area contributed by atoms with E-state index in [1.807, 2.05) is 29.6 Å². The van der Waals surface area contributed by atoms with E-state index < -0.39 is 0 Å². The molecule has 6 heteroatoms. The molecule has 0 bridgehead atoms. The van der Waals surface area contributed by atoms with E-state index >= 15 is 0 Å². The van der Waals surface area contributed by atoms with Crippen molar-refractivity contribution in [2.75, 3.05) is 11.5 Å². The van der Waals surface area contributed by atoms with Crippen molar-refractivity contribution >= 4 is 23.5 Å². The molecule has 1 aromatic rings. The smallest absolute Gasteiger partial charge is 0.233 e. The molecule has 1 fully saturated rings. The summed E-state index contributed by atoms with van der Waals surface area (Å²) in [5.74, 6) is 4.20. The van der Waals surface area contributed by atoms with Crippen LogP contribution in [-0.2, 0) is 0 Å². The average molecular weight is 297 g/mol. The second-order valence-electron chi connectivity index (χ2n) is 4.99. The lowest BCUT2D eigenvalue weighted by Gasteiger charge is -2.27. The molecule has 0 radical (unpaired) electrons. The average Bonchev–Trinajstić information content (AvgIpc) is 3.07. The molecule has 0 spiro atoms. The Bertz CT molecular complexity index is 462. The van der Waals surface area contributed by atoms with Gasteiger partial charge >= 0.3 is 0 Å². The molecule has 2 heterocycles. The highest BCUT2D eigenvalue weighted by atomic mass is 32.2. The van der Waals surface area contributed by atoms with E-state index in [0.29, 0.717) is 10.5 Å². The second kappa shape index (κ2) is 5.89. The van der Waals surface area contributed by atoms with Crippen molar-refractivity contribution in [1.82, 2.24) is 10.1 Å². The van der Waals surface area contributed by atoms with Crippen molar-refractivity contribution in [3.05, 3.63) is 23.9 Å². The summed E-state index contributed by atoms with van der Waals surface area (Å²) in [7, 11) is 0. The number of nitrogens with two attached hydrogens (primary N) is 1. The third-order valence-electron chi connectivity index (χ3n) is 3.60. The summed E-state index contributed by atoms with van der Waals surface area (Å²) in [5.41, 5.74) is 5.87. The Balaban J connectivity index is 1.75. The minimum absolute atomic E-state index is 0.128. The Morgan fingerprint density at radius 2 is 2.21 bits per heavy atom. The van der Waals surface area contributed by atoms with Gasteiger partial charge in [-0.05, 0) is 12.8 Å². The highest BCUT2D eigenvalue weighted by Crippen LogP contribution is 2.43. The molecule has 0 saturated carbocycles. The molecule has 2 N–H and O–H groups in total. The molecule has 104 valence electrons. The van der Waals surface area contributed by atoms with Gasteiger partial charge in [-0.2, -0.15) is 16.7 Å². The zero-order valence-corrected chi connectivity index (χ0v) is 12.6. The van der Waals surface area contributed by atoms with Crippen LogP contribution < -0.4 is 5.73 Å². The number of allylic oxidation sites excluding steroid dienone is 1. The van der Waals surface area contributed by atoms with Gasteiger partial charge in [0.15, 0.2) is 5.82 Å².